The number of methoxy groups -OCH3 is 2. The third-order valence-electron chi connectivity index (χ3n) is 7.93. The van der Waals surface area contributed by atoms with Crippen LogP contribution < -0.4 is 0 Å². The van der Waals surface area contributed by atoms with Crippen LogP contribution in [-0.2, 0) is 38.1 Å². The quantitative estimate of drug-likeness (QED) is 0.137. The Kier molecular flexibility index (Phi) is 138. The normalized spacial score (nSPS) is 9.42. The molecule has 0 aliphatic heterocycles. The third-order valence-corrected chi connectivity index (χ3v) is 7.93. The Morgan fingerprint density at radius 1 is 0.500 bits per heavy atom. The second-order valence-corrected chi connectivity index (χ2v) is 12.6. The molecule has 0 aromatic heterocycles. The van der Waals surface area contributed by atoms with Gasteiger partial charge in [0.05, 0.1) is 50.1 Å². The standard InChI is InChI=1S/C10H14.C8H16O3.C7H14O3.C7H14O2.C6H12O2.14CH4/c1-3-9(2)10-7-5-4-6-8-10;1-4-8(2,3)7(10)11-6-5-9;1-3-6(2)7(9)10-5-4-8;1-5-7(2,3)6(8)9-4;1-4-5(2)6(7)8-3;;;;;;;;;;;;;;/h4-9H,3H2,1-2H3;9H,4-6H2,1-3H3;6,8H,3-5H2,1-2H3;5H2,1-4H3;5H,4H2,1-3H3;14*1H4. The molecule has 10 nitrogen and oxygen atoms in total. The van der Waals surface area contributed by atoms with Crippen molar-refractivity contribution >= 4 is 23.9 Å². The lowest BCUT2D eigenvalue weighted by Crippen LogP contribution is -2.26. The molecule has 0 heterocycles. The van der Waals surface area contributed by atoms with Crippen LogP contribution in [0.15, 0.2) is 30.3 Å². The fourth-order valence-corrected chi connectivity index (χ4v) is 2.74. The summed E-state index contributed by atoms with van der Waals surface area (Å²) >= 11 is 0. The van der Waals surface area contributed by atoms with Gasteiger partial charge in [0.25, 0.3) is 0 Å². The Hall–Kier alpha value is -2.98. The van der Waals surface area contributed by atoms with Gasteiger partial charge in [-0.2, -0.15) is 0 Å². The highest BCUT2D eigenvalue weighted by atomic mass is 16.5. The first-order valence-corrected chi connectivity index (χ1v) is 17.1. The molecule has 1 aromatic carbocycles. The molecule has 0 bridgehead atoms. The van der Waals surface area contributed by atoms with E-state index in [1.165, 1.54) is 26.2 Å². The van der Waals surface area contributed by atoms with Gasteiger partial charge in [-0.05, 0) is 71.3 Å². The van der Waals surface area contributed by atoms with Gasteiger partial charge in [0.2, 0.25) is 0 Å². The SMILES string of the molecule is C.C.C.C.C.C.C.C.C.C.C.C.C.C.CCC(C)(C)C(=O)OC.CCC(C)(C)C(=O)OCCO.CCC(C)C(=O)OC.CCC(C)C(=O)OCCO.CCC(C)c1ccccc1. The Morgan fingerprint density at radius 3 is 1.06 bits per heavy atom. The number of aliphatic hydroxyl groups excluding tert-OH is 2. The summed E-state index contributed by atoms with van der Waals surface area (Å²) in [6, 6.07) is 10.6. The Labute approximate surface area is 395 Å². The summed E-state index contributed by atoms with van der Waals surface area (Å²) in [6.07, 6.45) is 4.43. The van der Waals surface area contributed by atoms with E-state index in [-0.39, 0.29) is 172 Å². The predicted molar refractivity (Wildman–Crippen MR) is 287 cm³/mol. The van der Waals surface area contributed by atoms with Crippen LogP contribution in [0.5, 0.6) is 0 Å². The zero-order valence-electron chi connectivity index (χ0n) is 32.6. The molecule has 2 N–H and O–H groups in total. The molecule has 10 heteroatoms. The highest BCUT2D eigenvalue weighted by Crippen LogP contribution is 2.21. The monoisotopic (exact) mass is 911 g/mol. The van der Waals surface area contributed by atoms with Gasteiger partial charge in [0.1, 0.15) is 13.2 Å². The zero-order chi connectivity index (χ0) is 38.3. The van der Waals surface area contributed by atoms with Gasteiger partial charge in [-0.1, -0.05) is 190 Å². The lowest BCUT2D eigenvalue weighted by molar-refractivity contribution is -0.155. The van der Waals surface area contributed by atoms with Crippen molar-refractivity contribution in [3.8, 4) is 0 Å². The number of hydrogen-bond donors (Lipinski definition) is 2. The van der Waals surface area contributed by atoms with Crippen molar-refractivity contribution in [3.63, 3.8) is 0 Å². The maximum Gasteiger partial charge on any atom is 0.311 e. The van der Waals surface area contributed by atoms with Crippen molar-refractivity contribution in [1.82, 2.24) is 0 Å². The van der Waals surface area contributed by atoms with Crippen LogP contribution in [-0.4, -0.2) is 74.7 Å². The number of carbonyl (C=O) groups excluding carboxylic acids is 4. The fourth-order valence-electron chi connectivity index (χ4n) is 2.74. The average Bonchev–Trinajstić information content (AvgIpc) is 3.12. The van der Waals surface area contributed by atoms with Crippen LogP contribution in [0.1, 0.15) is 231 Å². The molecule has 0 radical (unpaired) electrons. The molecule has 1 aromatic rings. The molecule has 0 saturated carbocycles. The minimum absolute atomic E-state index is 0. The van der Waals surface area contributed by atoms with Gasteiger partial charge in [0.15, 0.2) is 0 Å². The Morgan fingerprint density at radius 2 is 0.823 bits per heavy atom. The Bertz CT molecular complexity index is 948. The largest absolute Gasteiger partial charge is 0.469 e. The number of rotatable bonds is 14. The Balaban J connectivity index is -0.0000000232. The van der Waals surface area contributed by atoms with E-state index in [0.717, 1.165) is 25.7 Å². The summed E-state index contributed by atoms with van der Waals surface area (Å²) in [5, 5.41) is 16.7. The van der Waals surface area contributed by atoms with Crippen LogP contribution >= 0.6 is 0 Å². The predicted octanol–water partition coefficient (Wildman–Crippen LogP) is 16.4. The number of esters is 4. The molecule has 1 rings (SSSR count). The second-order valence-electron chi connectivity index (χ2n) is 12.6. The van der Waals surface area contributed by atoms with Crippen molar-refractivity contribution < 1.29 is 48.3 Å². The number of benzene rings is 1. The van der Waals surface area contributed by atoms with Gasteiger partial charge in [0, 0.05) is 0 Å². The summed E-state index contributed by atoms with van der Waals surface area (Å²) < 4.78 is 18.4. The van der Waals surface area contributed by atoms with E-state index < -0.39 is 5.41 Å². The number of carbonyl (C=O) groups is 4. The average molecular weight is 912 g/mol. The van der Waals surface area contributed by atoms with Crippen molar-refractivity contribution in [3.05, 3.63) is 35.9 Å². The van der Waals surface area contributed by atoms with Gasteiger partial charge in [-0.3, -0.25) is 19.2 Å². The molecule has 62 heavy (non-hydrogen) atoms. The molecule has 0 fully saturated rings. The van der Waals surface area contributed by atoms with E-state index in [0.29, 0.717) is 5.92 Å². The topological polar surface area (TPSA) is 146 Å². The first-order chi connectivity index (χ1) is 22.4. The molecule has 0 spiro atoms. The van der Waals surface area contributed by atoms with Gasteiger partial charge >= 0.3 is 23.9 Å². The minimum Gasteiger partial charge on any atom is -0.469 e. The second kappa shape index (κ2) is 72.5. The van der Waals surface area contributed by atoms with E-state index in [9.17, 15) is 19.2 Å². The van der Waals surface area contributed by atoms with Crippen LogP contribution in [0.2, 0.25) is 0 Å². The summed E-state index contributed by atoms with van der Waals surface area (Å²) in [5.41, 5.74) is 0.717. The number of hydrogen-bond acceptors (Lipinski definition) is 10. The molecular weight excluding hydrogens is 785 g/mol. The van der Waals surface area contributed by atoms with Gasteiger partial charge in [-0.15, -0.1) is 0 Å². The number of aliphatic hydroxyl groups is 2. The highest BCUT2D eigenvalue weighted by Gasteiger charge is 2.27. The molecular formula is C52H126O10. The highest BCUT2D eigenvalue weighted by molar-refractivity contribution is 5.76. The molecule has 0 saturated heterocycles. The molecule has 0 aliphatic rings. The van der Waals surface area contributed by atoms with Crippen molar-refractivity contribution in [2.24, 2.45) is 22.7 Å². The maximum atomic E-state index is 11.1. The first-order valence-electron chi connectivity index (χ1n) is 17.1. The molecule has 0 aliphatic carbocycles. The number of ether oxygens (including phenoxy) is 4. The van der Waals surface area contributed by atoms with Crippen molar-refractivity contribution in [1.29, 1.82) is 0 Å². The van der Waals surface area contributed by atoms with E-state index >= 15 is 0 Å². The molecule has 3 atom stereocenters. The first kappa shape index (κ1) is 118. The molecule has 3 unspecified atom stereocenters. The van der Waals surface area contributed by atoms with E-state index in [1.54, 1.807) is 6.92 Å². The fraction of sp³-hybridized carbons (Fsp3) is 0.808. The van der Waals surface area contributed by atoms with E-state index in [1.807, 2.05) is 62.3 Å². The molecule has 394 valence electrons. The van der Waals surface area contributed by atoms with E-state index in [4.69, 9.17) is 14.9 Å². The van der Waals surface area contributed by atoms with Gasteiger partial charge < -0.3 is 29.2 Å². The van der Waals surface area contributed by atoms with Crippen LogP contribution in [0, 0.1) is 22.7 Å². The summed E-state index contributed by atoms with van der Waals surface area (Å²) in [7, 11) is 2.83. The lowest BCUT2D eigenvalue weighted by atomic mass is 9.91. The van der Waals surface area contributed by atoms with Crippen LogP contribution in [0.4, 0.5) is 0 Å². The lowest BCUT2D eigenvalue weighted by Gasteiger charge is -2.19. The summed E-state index contributed by atoms with van der Waals surface area (Å²) in [6.45, 7) is 23.3. The summed E-state index contributed by atoms with van der Waals surface area (Å²) in [5.74, 6) is -0.00384. The minimum atomic E-state index is -0.421. The maximum absolute atomic E-state index is 11.1. The zero-order valence-corrected chi connectivity index (χ0v) is 32.6. The van der Waals surface area contributed by atoms with E-state index in [2.05, 4.69) is 58.4 Å². The van der Waals surface area contributed by atoms with Crippen LogP contribution in [0.3, 0.4) is 0 Å². The van der Waals surface area contributed by atoms with Crippen LogP contribution in [0.25, 0.3) is 0 Å². The summed E-state index contributed by atoms with van der Waals surface area (Å²) in [4.78, 5) is 43.3. The molecule has 0 amide bonds. The third kappa shape index (κ3) is 63.7. The van der Waals surface area contributed by atoms with Crippen molar-refractivity contribution in [2.75, 3.05) is 40.6 Å². The smallest absolute Gasteiger partial charge is 0.311 e. The van der Waals surface area contributed by atoms with Gasteiger partial charge in [-0.25, -0.2) is 0 Å². The van der Waals surface area contributed by atoms with Crippen molar-refractivity contribution in [2.45, 2.75) is 225 Å².